The number of fused-ring (bicyclic) bond motifs is 1. The smallest absolute Gasteiger partial charge is 0.274 e. The molecule has 0 bridgehead atoms. The largest absolute Gasteiger partial charge is 0.493 e. The van der Waals surface area contributed by atoms with E-state index in [9.17, 15) is 4.79 Å². The maximum Gasteiger partial charge on any atom is 0.274 e. The number of rotatable bonds is 9. The van der Waals surface area contributed by atoms with Gasteiger partial charge in [-0.15, -0.1) is 0 Å². The van der Waals surface area contributed by atoms with E-state index in [2.05, 4.69) is 6.92 Å². The molecule has 0 aliphatic heterocycles. The maximum absolute atomic E-state index is 13.7. The number of ether oxygens (including phenoxy) is 1. The van der Waals surface area contributed by atoms with Crippen molar-refractivity contribution in [3.8, 4) is 28.3 Å². The predicted molar refractivity (Wildman–Crippen MR) is 145 cm³/mol. The Hall–Kier alpha value is -3.70. The van der Waals surface area contributed by atoms with Crippen molar-refractivity contribution >= 4 is 22.4 Å². The van der Waals surface area contributed by atoms with Crippen LogP contribution in [-0.4, -0.2) is 16.0 Å². The molecule has 0 spiro atoms. The summed E-state index contributed by atoms with van der Waals surface area (Å²) < 4.78 is 8.47. The monoisotopic (exact) mass is 480 g/mol. The molecular formula is C30H28N2O2S. The molecule has 0 unspecified atom stereocenters. The fourth-order valence-electron chi connectivity index (χ4n) is 4.24. The molecular weight excluding hydrogens is 452 g/mol. The third kappa shape index (κ3) is 4.91. The summed E-state index contributed by atoms with van der Waals surface area (Å²) in [6, 6.07) is 28.0. The first-order chi connectivity index (χ1) is 17.3. The van der Waals surface area contributed by atoms with Crippen LogP contribution in [-0.2, 0) is 0 Å². The van der Waals surface area contributed by atoms with E-state index < -0.39 is 0 Å². The molecule has 0 saturated carbocycles. The van der Waals surface area contributed by atoms with Crippen LogP contribution in [0.3, 0.4) is 0 Å². The van der Waals surface area contributed by atoms with E-state index in [0.29, 0.717) is 16.1 Å². The molecule has 0 radical (unpaired) electrons. The minimum absolute atomic E-state index is 0.0590. The zero-order valence-corrected chi connectivity index (χ0v) is 20.6. The summed E-state index contributed by atoms with van der Waals surface area (Å²) in [5, 5.41) is 0. The summed E-state index contributed by atoms with van der Waals surface area (Å²) in [5.74, 6) is 0.808. The standard InChI is InChI=1S/C30H28N2O2S/c1-2-3-4-13-20-34-25-19-12-11-18-24(25)21-26-29(33)32-28(23-16-9-6-10-17-23)27(31-30(32)35-26)22-14-7-5-8-15-22/h5-12,14-19,21H,2-4,13,20H2,1H3/b26-21-. The van der Waals surface area contributed by atoms with Crippen molar-refractivity contribution in [2.24, 2.45) is 0 Å². The molecule has 0 aliphatic carbocycles. The van der Waals surface area contributed by atoms with E-state index in [1.165, 1.54) is 30.6 Å². The van der Waals surface area contributed by atoms with Crippen LogP contribution in [0.2, 0.25) is 0 Å². The average Bonchev–Trinajstić information content (AvgIpc) is 3.42. The SMILES string of the molecule is CCCCCCOc1ccccc1/C=c1\sc2nc(-c3ccccc3)c(-c3ccccc3)n2c1=O. The van der Waals surface area contributed by atoms with Crippen molar-refractivity contribution in [3.05, 3.63) is 105 Å². The molecule has 0 fully saturated rings. The van der Waals surface area contributed by atoms with Crippen molar-refractivity contribution < 1.29 is 4.74 Å². The Morgan fingerprint density at radius 1 is 0.857 bits per heavy atom. The predicted octanol–water partition coefficient (Wildman–Crippen LogP) is 6.60. The number of imidazole rings is 1. The molecule has 4 nitrogen and oxygen atoms in total. The number of aromatic nitrogens is 2. The number of para-hydroxylation sites is 1. The summed E-state index contributed by atoms with van der Waals surface area (Å²) in [6.45, 7) is 2.89. The van der Waals surface area contributed by atoms with Gasteiger partial charge in [0.25, 0.3) is 5.56 Å². The minimum Gasteiger partial charge on any atom is -0.493 e. The summed E-state index contributed by atoms with van der Waals surface area (Å²) in [4.78, 5) is 19.3. The Bertz CT molecular complexity index is 1520. The number of nitrogens with zero attached hydrogens (tertiary/aromatic N) is 2. The summed E-state index contributed by atoms with van der Waals surface area (Å²) in [7, 11) is 0. The number of hydrogen-bond acceptors (Lipinski definition) is 4. The number of unbranched alkanes of at least 4 members (excludes halogenated alkanes) is 3. The zero-order chi connectivity index (χ0) is 24.0. The van der Waals surface area contributed by atoms with Gasteiger partial charge in [-0.3, -0.25) is 4.79 Å². The fourth-order valence-corrected chi connectivity index (χ4v) is 5.21. The first-order valence-corrected chi connectivity index (χ1v) is 13.0. The molecule has 5 heteroatoms. The van der Waals surface area contributed by atoms with Crippen LogP contribution in [0, 0.1) is 0 Å². The van der Waals surface area contributed by atoms with Gasteiger partial charge in [-0.25, -0.2) is 9.38 Å². The number of thiazole rings is 1. The first kappa shape index (κ1) is 23.1. The molecule has 0 saturated heterocycles. The highest BCUT2D eigenvalue weighted by atomic mass is 32.1. The number of hydrogen-bond donors (Lipinski definition) is 0. The van der Waals surface area contributed by atoms with Crippen LogP contribution < -0.4 is 14.8 Å². The summed E-state index contributed by atoms with van der Waals surface area (Å²) >= 11 is 1.41. The van der Waals surface area contributed by atoms with E-state index in [1.54, 1.807) is 4.40 Å². The molecule has 5 rings (SSSR count). The lowest BCUT2D eigenvalue weighted by Gasteiger charge is -2.08. The molecule has 0 amide bonds. The second kappa shape index (κ2) is 10.7. The highest BCUT2D eigenvalue weighted by molar-refractivity contribution is 7.15. The van der Waals surface area contributed by atoms with Gasteiger partial charge < -0.3 is 4.74 Å². The van der Waals surface area contributed by atoms with Gasteiger partial charge in [0.15, 0.2) is 4.96 Å². The lowest BCUT2D eigenvalue weighted by molar-refractivity contribution is 0.304. The van der Waals surface area contributed by atoms with Crippen molar-refractivity contribution in [1.82, 2.24) is 9.38 Å². The number of benzene rings is 3. The molecule has 0 aliphatic rings. The highest BCUT2D eigenvalue weighted by Gasteiger charge is 2.20. The lowest BCUT2D eigenvalue weighted by Crippen LogP contribution is -2.23. The normalized spacial score (nSPS) is 11.9. The Labute approximate surface area is 209 Å². The van der Waals surface area contributed by atoms with E-state index in [0.717, 1.165) is 40.2 Å². The Balaban J connectivity index is 1.59. The molecule has 0 atom stereocenters. The Morgan fingerprint density at radius 3 is 2.29 bits per heavy atom. The van der Waals surface area contributed by atoms with Crippen LogP contribution in [0.15, 0.2) is 89.7 Å². The van der Waals surface area contributed by atoms with Gasteiger partial charge in [0.05, 0.1) is 22.5 Å². The maximum atomic E-state index is 13.7. The van der Waals surface area contributed by atoms with Gasteiger partial charge in [-0.2, -0.15) is 0 Å². The van der Waals surface area contributed by atoms with Crippen molar-refractivity contribution in [2.45, 2.75) is 32.6 Å². The molecule has 0 N–H and O–H groups in total. The summed E-state index contributed by atoms with van der Waals surface area (Å²) in [5.41, 5.74) is 4.46. The van der Waals surface area contributed by atoms with Crippen molar-refractivity contribution in [2.75, 3.05) is 6.61 Å². The van der Waals surface area contributed by atoms with E-state index in [-0.39, 0.29) is 5.56 Å². The van der Waals surface area contributed by atoms with Crippen LogP contribution in [0.5, 0.6) is 5.75 Å². The van der Waals surface area contributed by atoms with Gasteiger partial charge in [0, 0.05) is 16.7 Å². The van der Waals surface area contributed by atoms with Gasteiger partial charge in [-0.05, 0) is 18.6 Å². The highest BCUT2D eigenvalue weighted by Crippen LogP contribution is 2.32. The molecule has 176 valence electrons. The second-order valence-electron chi connectivity index (χ2n) is 8.52. The van der Waals surface area contributed by atoms with Gasteiger partial charge in [0.1, 0.15) is 5.75 Å². The minimum atomic E-state index is -0.0590. The third-order valence-corrected chi connectivity index (χ3v) is 6.99. The van der Waals surface area contributed by atoms with Crippen LogP contribution in [0.25, 0.3) is 33.6 Å². The molecule has 35 heavy (non-hydrogen) atoms. The van der Waals surface area contributed by atoms with E-state index in [4.69, 9.17) is 9.72 Å². The average molecular weight is 481 g/mol. The quantitative estimate of drug-likeness (QED) is 0.223. The van der Waals surface area contributed by atoms with Crippen molar-refractivity contribution in [1.29, 1.82) is 0 Å². The first-order valence-electron chi connectivity index (χ1n) is 12.2. The fraction of sp³-hybridized carbons (Fsp3) is 0.200. The summed E-state index contributed by atoms with van der Waals surface area (Å²) in [6.07, 6.45) is 6.56. The topological polar surface area (TPSA) is 43.6 Å². The van der Waals surface area contributed by atoms with Gasteiger partial charge in [-0.1, -0.05) is 116 Å². The van der Waals surface area contributed by atoms with E-state index >= 15 is 0 Å². The Morgan fingerprint density at radius 2 is 1.54 bits per heavy atom. The molecule has 2 aromatic heterocycles. The lowest BCUT2D eigenvalue weighted by atomic mass is 10.1. The van der Waals surface area contributed by atoms with Crippen LogP contribution in [0.4, 0.5) is 0 Å². The van der Waals surface area contributed by atoms with Gasteiger partial charge in [0.2, 0.25) is 0 Å². The Kier molecular flexibility index (Phi) is 7.05. The van der Waals surface area contributed by atoms with Gasteiger partial charge >= 0.3 is 0 Å². The van der Waals surface area contributed by atoms with E-state index in [1.807, 2.05) is 91.0 Å². The zero-order valence-electron chi connectivity index (χ0n) is 19.8. The molecule has 3 aromatic carbocycles. The third-order valence-electron chi connectivity index (χ3n) is 6.02. The van der Waals surface area contributed by atoms with Crippen LogP contribution in [0.1, 0.15) is 38.2 Å². The second-order valence-corrected chi connectivity index (χ2v) is 9.53. The van der Waals surface area contributed by atoms with Crippen LogP contribution >= 0.6 is 11.3 Å². The molecule has 5 aromatic rings. The molecule has 2 heterocycles. The van der Waals surface area contributed by atoms with Crippen molar-refractivity contribution in [3.63, 3.8) is 0 Å².